The Morgan fingerprint density at radius 2 is 1.95 bits per heavy atom. The number of hydrogen-bond acceptors (Lipinski definition) is 4. The van der Waals surface area contributed by atoms with Gasteiger partial charge in [0.15, 0.2) is 0 Å². The van der Waals surface area contributed by atoms with Crippen LogP contribution < -0.4 is 10.1 Å². The highest BCUT2D eigenvalue weighted by Crippen LogP contribution is 2.23. The van der Waals surface area contributed by atoms with E-state index in [-0.39, 0.29) is 18.8 Å². The monoisotopic (exact) mass is 265 g/mol. The maximum atomic E-state index is 9.48. The molecule has 0 spiro atoms. The van der Waals surface area contributed by atoms with Crippen LogP contribution in [0.2, 0.25) is 0 Å². The van der Waals surface area contributed by atoms with Crippen molar-refractivity contribution in [2.24, 2.45) is 0 Å². The number of nitrogens with one attached hydrogen (secondary N) is 1. The van der Waals surface area contributed by atoms with Crippen LogP contribution in [0.3, 0.4) is 0 Å². The fraction of sp³-hybridized carbons (Fsp3) is 0.600. The van der Waals surface area contributed by atoms with Crippen LogP contribution in [0.4, 0.5) is 0 Å². The van der Waals surface area contributed by atoms with E-state index in [1.54, 1.807) is 0 Å². The lowest BCUT2D eigenvalue weighted by Gasteiger charge is -2.28. The van der Waals surface area contributed by atoms with Gasteiger partial charge in [0, 0.05) is 12.6 Å². The first-order chi connectivity index (χ1) is 9.15. The molecule has 4 heteroatoms. The van der Waals surface area contributed by atoms with Crippen molar-refractivity contribution in [3.63, 3.8) is 0 Å². The maximum Gasteiger partial charge on any atom is 0.119 e. The molecule has 0 amide bonds. The lowest BCUT2D eigenvalue weighted by molar-refractivity contribution is 0.114. The van der Waals surface area contributed by atoms with Crippen molar-refractivity contribution in [1.29, 1.82) is 0 Å². The van der Waals surface area contributed by atoms with Gasteiger partial charge in [0.25, 0.3) is 0 Å². The molecule has 0 bridgehead atoms. The second-order valence-electron chi connectivity index (χ2n) is 5.54. The SMILES string of the molecule is CC(CO)(COc1ccc(CCO)cc1)NC1CC1. The second kappa shape index (κ2) is 6.37. The number of benzene rings is 1. The van der Waals surface area contributed by atoms with Crippen LogP contribution in [-0.4, -0.2) is 41.6 Å². The summed E-state index contributed by atoms with van der Waals surface area (Å²) < 4.78 is 5.74. The third-order valence-electron chi connectivity index (χ3n) is 3.36. The largest absolute Gasteiger partial charge is 0.492 e. The Labute approximate surface area is 114 Å². The number of hydrogen-bond donors (Lipinski definition) is 3. The van der Waals surface area contributed by atoms with E-state index in [0.717, 1.165) is 11.3 Å². The molecule has 0 aromatic heterocycles. The minimum atomic E-state index is -0.384. The Bertz CT molecular complexity index is 389. The molecule has 0 heterocycles. The van der Waals surface area contributed by atoms with Gasteiger partial charge in [0.2, 0.25) is 0 Å². The van der Waals surface area contributed by atoms with Gasteiger partial charge in [-0.2, -0.15) is 0 Å². The minimum absolute atomic E-state index is 0.0616. The van der Waals surface area contributed by atoms with Gasteiger partial charge in [0.05, 0.1) is 12.1 Å². The molecule has 1 fully saturated rings. The molecule has 1 saturated carbocycles. The summed E-state index contributed by atoms with van der Waals surface area (Å²) in [5, 5.41) is 21.7. The first-order valence-electron chi connectivity index (χ1n) is 6.86. The van der Waals surface area contributed by atoms with Crippen LogP contribution in [0.1, 0.15) is 25.3 Å². The van der Waals surface area contributed by atoms with Crippen LogP contribution >= 0.6 is 0 Å². The number of aliphatic hydroxyl groups is 2. The molecule has 0 radical (unpaired) electrons. The van der Waals surface area contributed by atoms with Gasteiger partial charge in [-0.05, 0) is 43.9 Å². The van der Waals surface area contributed by atoms with Crippen molar-refractivity contribution in [2.45, 2.75) is 37.8 Å². The van der Waals surface area contributed by atoms with Crippen LogP contribution in [0.25, 0.3) is 0 Å². The molecular formula is C15H23NO3. The minimum Gasteiger partial charge on any atom is -0.492 e. The smallest absolute Gasteiger partial charge is 0.119 e. The first-order valence-corrected chi connectivity index (χ1v) is 6.86. The van der Waals surface area contributed by atoms with E-state index < -0.39 is 0 Å². The fourth-order valence-electron chi connectivity index (χ4n) is 1.98. The Hall–Kier alpha value is -1.10. The number of aliphatic hydroxyl groups excluding tert-OH is 2. The van der Waals surface area contributed by atoms with Crippen LogP contribution in [0, 0.1) is 0 Å². The molecule has 1 aliphatic carbocycles. The van der Waals surface area contributed by atoms with Crippen molar-refractivity contribution in [2.75, 3.05) is 19.8 Å². The van der Waals surface area contributed by atoms with E-state index in [1.807, 2.05) is 31.2 Å². The standard InChI is InChI=1S/C15H23NO3/c1-15(10-18,16-13-4-5-13)11-19-14-6-2-12(3-7-14)8-9-17/h2-3,6-7,13,16-18H,4-5,8-11H2,1H3. The van der Waals surface area contributed by atoms with Gasteiger partial charge in [0.1, 0.15) is 12.4 Å². The Kier molecular flexibility index (Phi) is 4.80. The van der Waals surface area contributed by atoms with Crippen molar-refractivity contribution in [1.82, 2.24) is 5.32 Å². The van der Waals surface area contributed by atoms with Crippen LogP contribution in [0.5, 0.6) is 5.75 Å². The Morgan fingerprint density at radius 1 is 1.26 bits per heavy atom. The molecule has 0 saturated heterocycles. The summed E-state index contributed by atoms with van der Waals surface area (Å²) >= 11 is 0. The summed E-state index contributed by atoms with van der Waals surface area (Å²) in [5.41, 5.74) is 0.709. The highest BCUT2D eigenvalue weighted by atomic mass is 16.5. The molecule has 106 valence electrons. The third-order valence-corrected chi connectivity index (χ3v) is 3.36. The molecule has 1 aromatic carbocycles. The summed E-state index contributed by atoms with van der Waals surface area (Å²) in [6.07, 6.45) is 3.04. The first kappa shape index (κ1) is 14.3. The van der Waals surface area contributed by atoms with Gasteiger partial charge in [-0.25, -0.2) is 0 Å². The lowest BCUT2D eigenvalue weighted by atomic mass is 10.1. The second-order valence-corrected chi connectivity index (χ2v) is 5.54. The molecule has 4 nitrogen and oxygen atoms in total. The van der Waals surface area contributed by atoms with Crippen molar-refractivity contribution >= 4 is 0 Å². The van der Waals surface area contributed by atoms with Crippen LogP contribution in [-0.2, 0) is 6.42 Å². The zero-order valence-corrected chi connectivity index (χ0v) is 11.4. The highest BCUT2D eigenvalue weighted by molar-refractivity contribution is 5.27. The topological polar surface area (TPSA) is 61.7 Å². The van der Waals surface area contributed by atoms with Crippen molar-refractivity contribution in [3.8, 4) is 5.75 Å². The normalized spacial score (nSPS) is 18.1. The zero-order valence-electron chi connectivity index (χ0n) is 11.4. The predicted molar refractivity (Wildman–Crippen MR) is 74.4 cm³/mol. The summed E-state index contributed by atoms with van der Waals surface area (Å²) in [6, 6.07) is 8.25. The van der Waals surface area contributed by atoms with E-state index in [1.165, 1.54) is 12.8 Å². The lowest BCUT2D eigenvalue weighted by Crippen LogP contribution is -2.51. The summed E-state index contributed by atoms with van der Waals surface area (Å²) in [5.74, 6) is 0.791. The summed E-state index contributed by atoms with van der Waals surface area (Å²) in [6.45, 7) is 2.64. The summed E-state index contributed by atoms with van der Waals surface area (Å²) in [7, 11) is 0. The number of rotatable bonds is 8. The van der Waals surface area contributed by atoms with Gasteiger partial charge in [-0.1, -0.05) is 12.1 Å². The van der Waals surface area contributed by atoms with Crippen molar-refractivity contribution < 1.29 is 14.9 Å². The van der Waals surface area contributed by atoms with E-state index in [2.05, 4.69) is 5.32 Å². The fourth-order valence-corrected chi connectivity index (χ4v) is 1.98. The van der Waals surface area contributed by atoms with E-state index in [0.29, 0.717) is 19.1 Å². The van der Waals surface area contributed by atoms with E-state index in [4.69, 9.17) is 9.84 Å². The zero-order chi connectivity index (χ0) is 13.7. The average Bonchev–Trinajstić information content (AvgIpc) is 3.22. The molecule has 1 atom stereocenters. The molecule has 19 heavy (non-hydrogen) atoms. The maximum absolute atomic E-state index is 9.48. The molecule has 1 aromatic rings. The number of ether oxygens (including phenoxy) is 1. The molecule has 2 rings (SSSR count). The molecule has 3 N–H and O–H groups in total. The van der Waals surface area contributed by atoms with Gasteiger partial charge in [-0.15, -0.1) is 0 Å². The molecule has 1 unspecified atom stereocenters. The summed E-state index contributed by atoms with van der Waals surface area (Å²) in [4.78, 5) is 0. The quantitative estimate of drug-likeness (QED) is 0.659. The van der Waals surface area contributed by atoms with E-state index >= 15 is 0 Å². The Balaban J connectivity index is 1.85. The highest BCUT2D eigenvalue weighted by Gasteiger charge is 2.32. The van der Waals surface area contributed by atoms with Gasteiger partial charge in [-0.3, -0.25) is 0 Å². The molecule has 1 aliphatic rings. The van der Waals surface area contributed by atoms with E-state index in [9.17, 15) is 5.11 Å². The Morgan fingerprint density at radius 3 is 2.47 bits per heavy atom. The third kappa shape index (κ3) is 4.49. The average molecular weight is 265 g/mol. The van der Waals surface area contributed by atoms with Gasteiger partial charge < -0.3 is 20.3 Å². The molecular weight excluding hydrogens is 242 g/mol. The van der Waals surface area contributed by atoms with Gasteiger partial charge >= 0.3 is 0 Å². The van der Waals surface area contributed by atoms with Crippen LogP contribution in [0.15, 0.2) is 24.3 Å². The predicted octanol–water partition coefficient (Wildman–Crippen LogP) is 1.10. The van der Waals surface area contributed by atoms with Crippen molar-refractivity contribution in [3.05, 3.63) is 29.8 Å². The molecule has 0 aliphatic heterocycles.